The van der Waals surface area contributed by atoms with Gasteiger partial charge in [-0.3, -0.25) is 4.98 Å². The van der Waals surface area contributed by atoms with Crippen molar-refractivity contribution < 1.29 is 25.8 Å². The molecule has 0 aliphatic carbocycles. The summed E-state index contributed by atoms with van der Waals surface area (Å²) in [6, 6.07) is 34.4. The summed E-state index contributed by atoms with van der Waals surface area (Å²) in [4.78, 5) is 9.42. The fourth-order valence-electron chi connectivity index (χ4n) is 6.64. The summed E-state index contributed by atoms with van der Waals surface area (Å²) in [6.45, 7) is 13.7. The number of imidazole rings is 1. The van der Waals surface area contributed by atoms with Gasteiger partial charge in [-0.15, -0.1) is 29.7 Å². The van der Waals surface area contributed by atoms with Gasteiger partial charge in [-0.05, 0) is 57.0 Å². The molecular weight excluding hydrogens is 748 g/mol. The quantitative estimate of drug-likeness (QED) is 0.133. The summed E-state index contributed by atoms with van der Waals surface area (Å²) in [5.41, 5.74) is 6.71. The normalized spacial score (nSPS) is 12.4. The summed E-state index contributed by atoms with van der Waals surface area (Å²) in [7, 11) is 0. The molecule has 8 aromatic rings. The van der Waals surface area contributed by atoms with Crippen LogP contribution in [0.4, 0.5) is 0 Å². The fourth-order valence-corrected chi connectivity index (χ4v) is 6.64. The summed E-state index contributed by atoms with van der Waals surface area (Å²) in [5, 5.41) is 5.47. The van der Waals surface area contributed by atoms with Gasteiger partial charge in [0.2, 0.25) is 0 Å². The van der Waals surface area contributed by atoms with Crippen LogP contribution >= 0.6 is 0 Å². The van der Waals surface area contributed by atoms with E-state index in [1.807, 2.05) is 48.9 Å². The summed E-state index contributed by atoms with van der Waals surface area (Å²) < 4.78 is 10.8. The van der Waals surface area contributed by atoms with Crippen molar-refractivity contribution in [1.82, 2.24) is 18.9 Å². The molecule has 0 unspecified atom stereocenters. The molecule has 0 aliphatic heterocycles. The summed E-state index contributed by atoms with van der Waals surface area (Å²) in [5.74, 6) is 2.07. The van der Waals surface area contributed by atoms with E-state index in [0.29, 0.717) is 11.5 Å². The Bertz CT molecular complexity index is 2430. The van der Waals surface area contributed by atoms with Gasteiger partial charge in [0.15, 0.2) is 0 Å². The summed E-state index contributed by atoms with van der Waals surface area (Å²) >= 11 is 0. The van der Waals surface area contributed by atoms with Crippen molar-refractivity contribution in [1.29, 1.82) is 0 Å². The average molecular weight is 782 g/mol. The van der Waals surface area contributed by atoms with E-state index in [-0.39, 0.29) is 31.9 Å². The van der Waals surface area contributed by atoms with E-state index >= 15 is 0 Å². The molecule has 6 heteroatoms. The number of fused-ring (bicyclic) bond motifs is 9. The van der Waals surface area contributed by atoms with Crippen LogP contribution in [0.15, 0.2) is 97.5 Å². The number of benzene rings is 4. The average Bonchev–Trinajstić information content (AvgIpc) is 3.64. The molecule has 5 nitrogen and oxygen atoms in total. The maximum Gasteiger partial charge on any atom is 2.00 e. The zero-order valence-electron chi connectivity index (χ0n) is 26.8. The molecule has 4 heterocycles. The number of hydrogen-bond donors (Lipinski definition) is 0. The molecule has 0 fully saturated rings. The first-order valence-electron chi connectivity index (χ1n) is 15.4. The second kappa shape index (κ2) is 10.8. The van der Waals surface area contributed by atoms with Crippen LogP contribution in [0.1, 0.15) is 52.7 Å². The molecular formula is C40H34N4OPt. The fraction of sp³-hybridized carbons (Fsp3) is 0.200. The number of hydrogen-bond acceptors (Lipinski definition) is 3. The number of aromatic nitrogens is 4. The Labute approximate surface area is 283 Å². The van der Waals surface area contributed by atoms with Gasteiger partial charge in [0, 0.05) is 41.1 Å². The molecule has 0 radical (unpaired) electrons. The molecule has 0 amide bonds. The molecule has 230 valence electrons. The van der Waals surface area contributed by atoms with Crippen molar-refractivity contribution >= 4 is 49.1 Å². The molecule has 0 atom stereocenters. The molecule has 4 aromatic carbocycles. The SMILES string of the molecule is CC(C)(C)c1cc2c3ccc(Oc4[c-]c5c(cc4)c4ccccc4n5-c4ccccn4)[c-]c3c3nccn3c2cc1C(C)(C)C.[Pt+2]. The van der Waals surface area contributed by atoms with Crippen molar-refractivity contribution in [2.24, 2.45) is 0 Å². The minimum absolute atomic E-state index is 0. The van der Waals surface area contributed by atoms with Gasteiger partial charge in [-0.1, -0.05) is 94.2 Å². The summed E-state index contributed by atoms with van der Waals surface area (Å²) in [6.07, 6.45) is 5.72. The maximum absolute atomic E-state index is 6.48. The smallest absolute Gasteiger partial charge is 0.503 e. The number of pyridine rings is 2. The standard InChI is InChI=1S/C40H34N4O.Pt/c1-39(2,3)32-23-30-27-16-14-25(21-31(27)38-42-19-20-43(38)35(30)24-33(32)40(4,5)6)45-26-15-17-29-28-11-7-8-12-34(28)44(36(29)22-26)37-13-9-10-18-41-37;/h7-20,23-24H,1-6H3;/q-2;+2. The third kappa shape index (κ3) is 4.80. The van der Waals surface area contributed by atoms with Crippen LogP contribution in [0.25, 0.3) is 54.9 Å². The van der Waals surface area contributed by atoms with E-state index in [4.69, 9.17) is 9.72 Å². The Morgan fingerprint density at radius 1 is 0.630 bits per heavy atom. The first kappa shape index (κ1) is 30.2. The van der Waals surface area contributed by atoms with Crippen LogP contribution < -0.4 is 4.74 Å². The third-order valence-corrected chi connectivity index (χ3v) is 8.74. The third-order valence-electron chi connectivity index (χ3n) is 8.74. The first-order valence-corrected chi connectivity index (χ1v) is 15.4. The second-order valence-corrected chi connectivity index (χ2v) is 13.9. The maximum atomic E-state index is 6.48. The molecule has 8 rings (SSSR count). The van der Waals surface area contributed by atoms with Gasteiger partial charge < -0.3 is 13.7 Å². The van der Waals surface area contributed by atoms with E-state index in [1.54, 1.807) is 0 Å². The molecule has 0 N–H and O–H groups in total. The van der Waals surface area contributed by atoms with Crippen LogP contribution in [0.3, 0.4) is 0 Å². The predicted molar refractivity (Wildman–Crippen MR) is 184 cm³/mol. The van der Waals surface area contributed by atoms with Gasteiger partial charge in [0.05, 0.1) is 5.65 Å². The molecule has 46 heavy (non-hydrogen) atoms. The molecule has 0 saturated carbocycles. The van der Waals surface area contributed by atoms with Gasteiger partial charge in [-0.2, -0.15) is 6.07 Å². The predicted octanol–water partition coefficient (Wildman–Crippen LogP) is 10.1. The Hall–Kier alpha value is -4.47. The molecule has 0 bridgehead atoms. The van der Waals surface area contributed by atoms with E-state index in [1.165, 1.54) is 16.5 Å². The van der Waals surface area contributed by atoms with Crippen LogP contribution in [-0.4, -0.2) is 18.9 Å². The van der Waals surface area contributed by atoms with Gasteiger partial charge in [0.25, 0.3) is 0 Å². The van der Waals surface area contributed by atoms with Crippen molar-refractivity contribution in [3.05, 3.63) is 121 Å². The van der Waals surface area contributed by atoms with E-state index in [2.05, 4.69) is 116 Å². The second-order valence-electron chi connectivity index (χ2n) is 13.9. The van der Waals surface area contributed by atoms with Crippen molar-refractivity contribution in [3.8, 4) is 17.3 Å². The van der Waals surface area contributed by atoms with Crippen molar-refractivity contribution in [3.63, 3.8) is 0 Å². The van der Waals surface area contributed by atoms with Crippen molar-refractivity contribution in [2.75, 3.05) is 0 Å². The minimum Gasteiger partial charge on any atom is -0.503 e. The monoisotopic (exact) mass is 781 g/mol. The number of para-hydroxylation sites is 1. The van der Waals surface area contributed by atoms with Gasteiger partial charge in [0.1, 0.15) is 5.82 Å². The molecule has 4 aromatic heterocycles. The zero-order valence-corrected chi connectivity index (χ0v) is 29.0. The number of nitrogens with zero attached hydrogens (tertiary/aromatic N) is 4. The van der Waals surface area contributed by atoms with Gasteiger partial charge >= 0.3 is 21.1 Å². The van der Waals surface area contributed by atoms with Gasteiger partial charge in [-0.25, -0.2) is 4.98 Å². The van der Waals surface area contributed by atoms with E-state index in [0.717, 1.165) is 49.6 Å². The Morgan fingerprint density at radius 2 is 1.33 bits per heavy atom. The Morgan fingerprint density at radius 3 is 2.07 bits per heavy atom. The largest absolute Gasteiger partial charge is 2.00 e. The minimum atomic E-state index is -0.00793. The van der Waals surface area contributed by atoms with E-state index < -0.39 is 0 Å². The van der Waals surface area contributed by atoms with Crippen LogP contribution in [0.2, 0.25) is 0 Å². The number of ether oxygens (including phenoxy) is 1. The van der Waals surface area contributed by atoms with Crippen LogP contribution in [0, 0.1) is 12.1 Å². The molecule has 0 spiro atoms. The van der Waals surface area contributed by atoms with E-state index in [9.17, 15) is 0 Å². The Balaban J connectivity index is 0.00000338. The molecule has 0 aliphatic rings. The topological polar surface area (TPSA) is 44.3 Å². The number of rotatable bonds is 3. The van der Waals surface area contributed by atoms with Crippen LogP contribution in [0.5, 0.6) is 11.5 Å². The molecule has 0 saturated heterocycles. The van der Waals surface area contributed by atoms with Crippen LogP contribution in [-0.2, 0) is 31.9 Å². The van der Waals surface area contributed by atoms with Crippen molar-refractivity contribution in [2.45, 2.75) is 52.4 Å². The zero-order chi connectivity index (χ0) is 31.1. The Kier molecular flexibility index (Phi) is 7.10. The first-order chi connectivity index (χ1) is 21.6.